The summed E-state index contributed by atoms with van der Waals surface area (Å²) in [7, 11) is 0. The van der Waals surface area contributed by atoms with Gasteiger partial charge in [0.25, 0.3) is 0 Å². The standard InChI is InChI=1S/C45H26N4O/c1-2-9-28-22-31(16-15-27(28)8-1)32-17-19-39-35(24-32)36-23-29-10-3-4-11-30(29)26-40(36)49(39)45-43(47-38-13-7-21-46-44(38)48-45)33-18-20-42-37(25-33)34-12-5-6-14-41(34)50-42/h1-26H. The fourth-order valence-electron chi connectivity index (χ4n) is 7.59. The predicted molar refractivity (Wildman–Crippen MR) is 205 cm³/mol. The van der Waals surface area contributed by atoms with E-state index in [4.69, 9.17) is 14.4 Å². The second kappa shape index (κ2) is 10.3. The van der Waals surface area contributed by atoms with E-state index in [1.807, 2.05) is 36.4 Å². The van der Waals surface area contributed by atoms with E-state index >= 15 is 0 Å². The third-order valence-electron chi connectivity index (χ3n) is 10.00. The molecule has 50 heavy (non-hydrogen) atoms. The molecule has 7 aromatic carbocycles. The van der Waals surface area contributed by atoms with Crippen LogP contribution in [0.2, 0.25) is 0 Å². The van der Waals surface area contributed by atoms with Crippen molar-refractivity contribution in [2.75, 3.05) is 0 Å². The molecule has 4 heterocycles. The lowest BCUT2D eigenvalue weighted by Gasteiger charge is -2.14. The van der Waals surface area contributed by atoms with E-state index in [9.17, 15) is 0 Å². The average Bonchev–Trinajstić information content (AvgIpc) is 3.70. The van der Waals surface area contributed by atoms with Gasteiger partial charge in [-0.3, -0.25) is 4.57 Å². The molecule has 0 fully saturated rings. The Morgan fingerprint density at radius 2 is 1.12 bits per heavy atom. The number of nitrogens with zero attached hydrogens (tertiary/aromatic N) is 4. The van der Waals surface area contributed by atoms with Crippen LogP contribution in [0.1, 0.15) is 0 Å². The molecular formula is C45H26N4O. The molecule has 0 bridgehead atoms. The largest absolute Gasteiger partial charge is 0.456 e. The summed E-state index contributed by atoms with van der Waals surface area (Å²) in [5.41, 5.74) is 9.27. The van der Waals surface area contributed by atoms with Gasteiger partial charge in [0.1, 0.15) is 22.4 Å². The fraction of sp³-hybridized carbons (Fsp3) is 0. The van der Waals surface area contributed by atoms with Crippen LogP contribution in [0.25, 0.3) is 105 Å². The first kappa shape index (κ1) is 27.1. The number of hydrogen-bond acceptors (Lipinski definition) is 4. The summed E-state index contributed by atoms with van der Waals surface area (Å²) in [6.45, 7) is 0. The Morgan fingerprint density at radius 3 is 2.02 bits per heavy atom. The van der Waals surface area contributed by atoms with Crippen molar-refractivity contribution >= 4 is 76.5 Å². The molecular weight excluding hydrogens is 613 g/mol. The molecule has 0 N–H and O–H groups in total. The Labute approximate surface area is 285 Å². The van der Waals surface area contributed by atoms with Gasteiger partial charge >= 0.3 is 0 Å². The molecule has 5 nitrogen and oxygen atoms in total. The predicted octanol–water partition coefficient (Wildman–Crippen LogP) is 11.7. The van der Waals surface area contributed by atoms with E-state index in [2.05, 4.69) is 125 Å². The Kier molecular flexibility index (Phi) is 5.60. The van der Waals surface area contributed by atoms with Crippen LogP contribution >= 0.6 is 0 Å². The van der Waals surface area contributed by atoms with Crippen molar-refractivity contribution in [1.29, 1.82) is 0 Å². The summed E-state index contributed by atoms with van der Waals surface area (Å²) in [4.78, 5) is 15.2. The lowest BCUT2D eigenvalue weighted by molar-refractivity contribution is 0.669. The molecule has 0 unspecified atom stereocenters. The second-order valence-corrected chi connectivity index (χ2v) is 12.9. The summed E-state index contributed by atoms with van der Waals surface area (Å²) >= 11 is 0. The number of pyridine rings is 1. The van der Waals surface area contributed by atoms with Gasteiger partial charge in [0, 0.05) is 33.3 Å². The van der Waals surface area contributed by atoms with Gasteiger partial charge in [0.2, 0.25) is 0 Å². The Morgan fingerprint density at radius 1 is 0.440 bits per heavy atom. The first-order valence-corrected chi connectivity index (χ1v) is 16.8. The van der Waals surface area contributed by atoms with Crippen molar-refractivity contribution in [3.8, 4) is 28.2 Å². The SMILES string of the molecule is c1ccc2cc(-c3ccc4c(c3)c3cc5ccccc5cc3n4-c3nc4ncccc4nc3-c3ccc4oc5ccccc5c4c3)ccc2c1. The van der Waals surface area contributed by atoms with Crippen LogP contribution in [0, 0.1) is 0 Å². The fourth-order valence-corrected chi connectivity index (χ4v) is 7.59. The first-order valence-electron chi connectivity index (χ1n) is 16.8. The summed E-state index contributed by atoms with van der Waals surface area (Å²) in [5.74, 6) is 0.733. The van der Waals surface area contributed by atoms with Gasteiger partial charge in [0.15, 0.2) is 11.5 Å². The zero-order valence-corrected chi connectivity index (χ0v) is 26.7. The van der Waals surface area contributed by atoms with Crippen molar-refractivity contribution in [2.24, 2.45) is 0 Å². The van der Waals surface area contributed by atoms with Crippen molar-refractivity contribution in [3.63, 3.8) is 0 Å². The monoisotopic (exact) mass is 638 g/mol. The minimum absolute atomic E-state index is 0.602. The maximum atomic E-state index is 6.19. The number of benzene rings is 7. The molecule has 0 radical (unpaired) electrons. The number of rotatable bonds is 3. The minimum Gasteiger partial charge on any atom is -0.456 e. The molecule has 0 aliphatic heterocycles. The van der Waals surface area contributed by atoms with Crippen LogP contribution in [0.4, 0.5) is 0 Å². The van der Waals surface area contributed by atoms with Gasteiger partial charge < -0.3 is 4.42 Å². The lowest BCUT2D eigenvalue weighted by atomic mass is 9.99. The van der Waals surface area contributed by atoms with Crippen LogP contribution in [0.3, 0.4) is 0 Å². The number of aromatic nitrogens is 4. The molecule has 5 heteroatoms. The van der Waals surface area contributed by atoms with Gasteiger partial charge in [-0.05, 0) is 99.4 Å². The van der Waals surface area contributed by atoms with Crippen molar-refractivity contribution in [1.82, 2.24) is 19.5 Å². The highest BCUT2D eigenvalue weighted by Gasteiger charge is 2.21. The third-order valence-corrected chi connectivity index (χ3v) is 10.00. The molecule has 0 saturated heterocycles. The normalized spacial score (nSPS) is 12.0. The van der Waals surface area contributed by atoms with Gasteiger partial charge in [0.05, 0.1) is 11.0 Å². The maximum Gasteiger partial charge on any atom is 0.180 e. The van der Waals surface area contributed by atoms with E-state index in [1.54, 1.807) is 6.20 Å². The van der Waals surface area contributed by atoms with Gasteiger partial charge in [-0.15, -0.1) is 0 Å². The quantitative estimate of drug-likeness (QED) is 0.193. The Hall–Kier alpha value is -6.85. The van der Waals surface area contributed by atoms with Gasteiger partial charge in [-0.2, -0.15) is 0 Å². The highest BCUT2D eigenvalue weighted by molar-refractivity contribution is 6.15. The summed E-state index contributed by atoms with van der Waals surface area (Å²) in [6, 6.07) is 53.5. The van der Waals surface area contributed by atoms with Crippen LogP contribution < -0.4 is 0 Å². The summed E-state index contributed by atoms with van der Waals surface area (Å²) in [5, 5.41) is 9.25. The molecule has 0 amide bonds. The first-order chi connectivity index (χ1) is 24.7. The van der Waals surface area contributed by atoms with E-state index in [1.165, 1.54) is 32.7 Å². The maximum absolute atomic E-state index is 6.19. The molecule has 11 aromatic rings. The average molecular weight is 639 g/mol. The Balaban J connectivity index is 1.23. The molecule has 0 atom stereocenters. The molecule has 0 aliphatic rings. The molecule has 0 aliphatic carbocycles. The van der Waals surface area contributed by atoms with Crippen molar-refractivity contribution in [2.45, 2.75) is 0 Å². The second-order valence-electron chi connectivity index (χ2n) is 12.9. The van der Waals surface area contributed by atoms with Crippen molar-refractivity contribution in [3.05, 3.63) is 158 Å². The molecule has 4 aromatic heterocycles. The van der Waals surface area contributed by atoms with Gasteiger partial charge in [-0.25, -0.2) is 15.0 Å². The van der Waals surface area contributed by atoms with Crippen molar-refractivity contribution < 1.29 is 4.42 Å². The van der Waals surface area contributed by atoms with Crippen LogP contribution in [-0.2, 0) is 0 Å². The highest BCUT2D eigenvalue weighted by Crippen LogP contribution is 2.40. The number of para-hydroxylation sites is 1. The smallest absolute Gasteiger partial charge is 0.180 e. The molecule has 0 spiro atoms. The number of furan rings is 1. The van der Waals surface area contributed by atoms with Crippen LogP contribution in [-0.4, -0.2) is 19.5 Å². The third kappa shape index (κ3) is 4.04. The summed E-state index contributed by atoms with van der Waals surface area (Å²) < 4.78 is 8.47. The molecule has 232 valence electrons. The Bertz CT molecular complexity index is 3170. The van der Waals surface area contributed by atoms with E-state index in [0.717, 1.165) is 66.3 Å². The topological polar surface area (TPSA) is 56.7 Å². The minimum atomic E-state index is 0.602. The van der Waals surface area contributed by atoms with Gasteiger partial charge in [-0.1, -0.05) is 84.9 Å². The number of hydrogen-bond donors (Lipinski definition) is 0. The van der Waals surface area contributed by atoms with E-state index < -0.39 is 0 Å². The molecule has 11 rings (SSSR count). The van der Waals surface area contributed by atoms with Crippen LogP contribution in [0.5, 0.6) is 0 Å². The summed E-state index contributed by atoms with van der Waals surface area (Å²) in [6.07, 6.45) is 1.78. The zero-order chi connectivity index (χ0) is 32.8. The van der Waals surface area contributed by atoms with E-state index in [0.29, 0.717) is 5.65 Å². The molecule has 0 saturated carbocycles. The zero-order valence-electron chi connectivity index (χ0n) is 26.7. The lowest BCUT2D eigenvalue weighted by Crippen LogP contribution is -2.04. The van der Waals surface area contributed by atoms with E-state index in [-0.39, 0.29) is 0 Å². The highest BCUT2D eigenvalue weighted by atomic mass is 16.3. The van der Waals surface area contributed by atoms with Crippen LogP contribution in [0.15, 0.2) is 162 Å². The number of fused-ring (bicyclic) bond motifs is 9.